The minimum Gasteiger partial charge on any atom is -0.332 e. The summed E-state index contributed by atoms with van der Waals surface area (Å²) in [6.45, 7) is 4.23. The Labute approximate surface area is 140 Å². The highest BCUT2D eigenvalue weighted by atomic mass is 35.5. The van der Waals surface area contributed by atoms with Gasteiger partial charge < -0.3 is 10.6 Å². The predicted octanol–water partition coefficient (Wildman–Crippen LogP) is 3.56. The third-order valence-electron chi connectivity index (χ3n) is 3.59. The first-order chi connectivity index (χ1) is 10.5. The van der Waals surface area contributed by atoms with E-state index in [1.165, 1.54) is 0 Å². The first-order valence-electron chi connectivity index (χ1n) is 7.11. The van der Waals surface area contributed by atoms with E-state index in [1.807, 2.05) is 55.6 Å². The second kappa shape index (κ2) is 7.63. The standard InChI is InChI=1S/C17H18Cl2N2O/c1-11-14(18)8-5-9-16(11)21-17(22)10-20-12(2)13-6-3-4-7-15(13)19/h3-9,12,20H,10H2,1-2H3,(H,21,22)/p+1/t12-/m1/s1. The molecule has 0 heterocycles. The van der Waals surface area contributed by atoms with Crippen molar-refractivity contribution in [3.63, 3.8) is 0 Å². The van der Waals surface area contributed by atoms with Gasteiger partial charge in [-0.2, -0.15) is 0 Å². The molecular weight excluding hydrogens is 319 g/mol. The Balaban J connectivity index is 1.93. The van der Waals surface area contributed by atoms with Gasteiger partial charge in [0.15, 0.2) is 6.54 Å². The van der Waals surface area contributed by atoms with Crippen LogP contribution < -0.4 is 10.6 Å². The van der Waals surface area contributed by atoms with Crippen molar-refractivity contribution < 1.29 is 10.1 Å². The summed E-state index contributed by atoms with van der Waals surface area (Å²) in [5.41, 5.74) is 2.64. The Morgan fingerprint density at radius 1 is 1.14 bits per heavy atom. The first kappa shape index (κ1) is 16.8. The number of carbonyl (C=O) groups is 1. The lowest BCUT2D eigenvalue weighted by Crippen LogP contribution is -2.86. The Morgan fingerprint density at radius 2 is 1.82 bits per heavy atom. The molecule has 2 aromatic carbocycles. The van der Waals surface area contributed by atoms with Crippen molar-refractivity contribution in [1.29, 1.82) is 0 Å². The van der Waals surface area contributed by atoms with Crippen LogP contribution in [0.4, 0.5) is 5.69 Å². The molecule has 1 atom stereocenters. The Kier molecular flexibility index (Phi) is 5.83. The lowest BCUT2D eigenvalue weighted by molar-refractivity contribution is -0.682. The zero-order valence-electron chi connectivity index (χ0n) is 12.6. The van der Waals surface area contributed by atoms with Gasteiger partial charge in [-0.25, -0.2) is 0 Å². The molecular formula is C17H19Cl2N2O+. The third-order valence-corrected chi connectivity index (χ3v) is 4.35. The summed E-state index contributed by atoms with van der Waals surface area (Å²) in [6.07, 6.45) is 0. The summed E-state index contributed by atoms with van der Waals surface area (Å²) in [5.74, 6) is -0.0655. The first-order valence-corrected chi connectivity index (χ1v) is 7.87. The number of nitrogens with one attached hydrogen (secondary N) is 1. The van der Waals surface area contributed by atoms with Crippen LogP contribution >= 0.6 is 23.2 Å². The molecule has 116 valence electrons. The fraction of sp³-hybridized carbons (Fsp3) is 0.235. The highest BCUT2D eigenvalue weighted by Gasteiger charge is 2.14. The fourth-order valence-corrected chi connectivity index (χ4v) is 2.68. The van der Waals surface area contributed by atoms with Crippen molar-refractivity contribution >= 4 is 34.8 Å². The van der Waals surface area contributed by atoms with Gasteiger partial charge in [-0.15, -0.1) is 0 Å². The Hall–Kier alpha value is -1.55. The summed E-state index contributed by atoms with van der Waals surface area (Å²) in [6, 6.07) is 13.3. The third kappa shape index (κ3) is 4.23. The van der Waals surface area contributed by atoms with Crippen molar-refractivity contribution in [2.24, 2.45) is 0 Å². The molecule has 0 aliphatic heterocycles. The minimum atomic E-state index is -0.0655. The number of quaternary nitrogens is 1. The van der Waals surface area contributed by atoms with E-state index in [-0.39, 0.29) is 11.9 Å². The van der Waals surface area contributed by atoms with Crippen LogP contribution in [0.5, 0.6) is 0 Å². The maximum atomic E-state index is 12.1. The van der Waals surface area contributed by atoms with Crippen LogP contribution in [0.15, 0.2) is 42.5 Å². The van der Waals surface area contributed by atoms with Gasteiger partial charge in [-0.05, 0) is 37.6 Å². The zero-order chi connectivity index (χ0) is 16.1. The quantitative estimate of drug-likeness (QED) is 0.860. The van der Waals surface area contributed by atoms with Crippen LogP contribution in [0.2, 0.25) is 10.0 Å². The van der Waals surface area contributed by atoms with Crippen LogP contribution in [0, 0.1) is 6.92 Å². The van der Waals surface area contributed by atoms with E-state index in [4.69, 9.17) is 23.2 Å². The molecule has 0 saturated heterocycles. The van der Waals surface area contributed by atoms with Gasteiger partial charge in [0.2, 0.25) is 0 Å². The molecule has 2 rings (SSSR count). The van der Waals surface area contributed by atoms with Gasteiger partial charge in [0.25, 0.3) is 5.91 Å². The van der Waals surface area contributed by atoms with Crippen molar-refractivity contribution in [2.45, 2.75) is 19.9 Å². The number of hydrogen-bond donors (Lipinski definition) is 2. The number of anilines is 1. The number of carbonyl (C=O) groups excluding carboxylic acids is 1. The topological polar surface area (TPSA) is 45.7 Å². The molecule has 5 heteroatoms. The van der Waals surface area contributed by atoms with Gasteiger partial charge >= 0.3 is 0 Å². The summed E-state index contributed by atoms with van der Waals surface area (Å²) < 4.78 is 0. The normalized spacial score (nSPS) is 12.0. The van der Waals surface area contributed by atoms with E-state index in [1.54, 1.807) is 6.07 Å². The maximum absolute atomic E-state index is 12.1. The molecule has 0 fully saturated rings. The molecule has 0 unspecified atom stereocenters. The highest BCUT2D eigenvalue weighted by Crippen LogP contribution is 2.22. The number of halogens is 2. The van der Waals surface area contributed by atoms with Gasteiger partial charge in [0.05, 0.1) is 0 Å². The van der Waals surface area contributed by atoms with Crippen molar-refractivity contribution in [2.75, 3.05) is 11.9 Å². The van der Waals surface area contributed by atoms with Gasteiger partial charge in [-0.1, -0.05) is 47.5 Å². The minimum absolute atomic E-state index is 0.0655. The highest BCUT2D eigenvalue weighted by molar-refractivity contribution is 6.32. The van der Waals surface area contributed by atoms with Crippen molar-refractivity contribution in [3.05, 3.63) is 63.6 Å². The average Bonchev–Trinajstić information content (AvgIpc) is 2.50. The van der Waals surface area contributed by atoms with Crippen LogP contribution in [0.3, 0.4) is 0 Å². The van der Waals surface area contributed by atoms with Crippen molar-refractivity contribution in [3.8, 4) is 0 Å². The van der Waals surface area contributed by atoms with Crippen LogP contribution in [-0.4, -0.2) is 12.5 Å². The molecule has 0 aromatic heterocycles. The molecule has 1 amide bonds. The van der Waals surface area contributed by atoms with E-state index in [2.05, 4.69) is 5.32 Å². The van der Waals surface area contributed by atoms with E-state index in [0.29, 0.717) is 11.6 Å². The number of benzene rings is 2. The summed E-state index contributed by atoms with van der Waals surface area (Å²) >= 11 is 12.2. The fourth-order valence-electron chi connectivity index (χ4n) is 2.20. The van der Waals surface area contributed by atoms with E-state index >= 15 is 0 Å². The largest absolute Gasteiger partial charge is 0.332 e. The maximum Gasteiger partial charge on any atom is 0.279 e. The van der Waals surface area contributed by atoms with E-state index in [9.17, 15) is 4.79 Å². The molecule has 0 aliphatic carbocycles. The SMILES string of the molecule is Cc1c(Cl)cccc1NC(=O)C[NH2+][C@H](C)c1ccccc1Cl. The van der Waals surface area contributed by atoms with Crippen LogP contribution in [0.1, 0.15) is 24.1 Å². The number of nitrogens with two attached hydrogens (primary N) is 1. The molecule has 0 radical (unpaired) electrons. The van der Waals surface area contributed by atoms with Crippen molar-refractivity contribution in [1.82, 2.24) is 0 Å². The number of rotatable bonds is 5. The molecule has 0 spiro atoms. The molecule has 0 aliphatic rings. The van der Waals surface area contributed by atoms with E-state index in [0.717, 1.165) is 21.8 Å². The average molecular weight is 338 g/mol. The van der Waals surface area contributed by atoms with Gasteiger partial charge in [0.1, 0.15) is 6.04 Å². The van der Waals surface area contributed by atoms with Gasteiger partial charge in [-0.3, -0.25) is 4.79 Å². The molecule has 0 saturated carbocycles. The Morgan fingerprint density at radius 3 is 2.55 bits per heavy atom. The summed E-state index contributed by atoms with van der Waals surface area (Å²) in [5, 5.41) is 6.20. The number of amides is 1. The van der Waals surface area contributed by atoms with Crippen LogP contribution in [-0.2, 0) is 4.79 Å². The molecule has 22 heavy (non-hydrogen) atoms. The van der Waals surface area contributed by atoms with Gasteiger partial charge in [0, 0.05) is 21.3 Å². The molecule has 3 N–H and O–H groups in total. The van der Waals surface area contributed by atoms with E-state index < -0.39 is 0 Å². The monoisotopic (exact) mass is 337 g/mol. The zero-order valence-corrected chi connectivity index (χ0v) is 14.1. The second-order valence-corrected chi connectivity index (χ2v) is 6.02. The predicted molar refractivity (Wildman–Crippen MR) is 91.5 cm³/mol. The molecule has 2 aromatic rings. The molecule has 3 nitrogen and oxygen atoms in total. The summed E-state index contributed by atoms with van der Waals surface area (Å²) in [7, 11) is 0. The smallest absolute Gasteiger partial charge is 0.279 e. The lowest BCUT2D eigenvalue weighted by Gasteiger charge is -2.13. The Bertz CT molecular complexity index is 673. The number of hydrogen-bond acceptors (Lipinski definition) is 1. The summed E-state index contributed by atoms with van der Waals surface area (Å²) in [4.78, 5) is 12.1. The van der Waals surface area contributed by atoms with Crippen LogP contribution in [0.25, 0.3) is 0 Å². The lowest BCUT2D eigenvalue weighted by atomic mass is 10.1. The second-order valence-electron chi connectivity index (χ2n) is 5.21. The molecule has 0 bridgehead atoms.